The molecule has 0 fully saturated rings. The van der Waals surface area contributed by atoms with E-state index in [1.165, 1.54) is 6.20 Å². The van der Waals surface area contributed by atoms with Crippen molar-refractivity contribution in [3.05, 3.63) is 60.4 Å². The summed E-state index contributed by atoms with van der Waals surface area (Å²) in [5.41, 5.74) is 1.33. The van der Waals surface area contributed by atoms with Crippen molar-refractivity contribution >= 4 is 32.7 Å². The second-order valence-electron chi connectivity index (χ2n) is 5.17. The topological polar surface area (TPSA) is 104 Å². The van der Waals surface area contributed by atoms with Gasteiger partial charge in [-0.25, -0.2) is 13.4 Å². The fraction of sp³-hybridized carbons (Fsp3) is 0.125. The van der Waals surface area contributed by atoms with Crippen LogP contribution >= 0.6 is 0 Å². The van der Waals surface area contributed by atoms with Gasteiger partial charge in [0.05, 0.1) is 5.75 Å². The number of hydrogen-bond donors (Lipinski definition) is 3. The van der Waals surface area contributed by atoms with E-state index in [2.05, 4.69) is 20.0 Å². The molecule has 8 heteroatoms. The summed E-state index contributed by atoms with van der Waals surface area (Å²) >= 11 is 0. The minimum absolute atomic E-state index is 0.00373. The lowest BCUT2D eigenvalue weighted by Crippen LogP contribution is -2.31. The maximum atomic E-state index is 12.1. The molecule has 2 heterocycles. The third-order valence-corrected chi connectivity index (χ3v) is 4.66. The van der Waals surface area contributed by atoms with Crippen LogP contribution in [0.3, 0.4) is 0 Å². The molecule has 1 aromatic carbocycles. The zero-order valence-corrected chi connectivity index (χ0v) is 13.5. The molecule has 0 aliphatic heterocycles. The highest BCUT2D eigenvalue weighted by Gasteiger charge is 2.12. The summed E-state index contributed by atoms with van der Waals surface area (Å²) in [7, 11) is -3.57. The van der Waals surface area contributed by atoms with Gasteiger partial charge >= 0.3 is 0 Å². The highest BCUT2D eigenvalue weighted by molar-refractivity contribution is 7.92. The molecule has 2 aromatic heterocycles. The predicted molar refractivity (Wildman–Crippen MR) is 92.3 cm³/mol. The van der Waals surface area contributed by atoms with Crippen LogP contribution in [0.1, 0.15) is 10.4 Å². The normalized spacial score (nSPS) is 11.3. The van der Waals surface area contributed by atoms with Gasteiger partial charge in [-0.05, 0) is 35.7 Å². The molecule has 0 atom stereocenters. The molecule has 0 saturated carbocycles. The Morgan fingerprint density at radius 3 is 2.83 bits per heavy atom. The number of carbonyl (C=O) groups excluding carboxylic acids is 1. The molecule has 0 aliphatic rings. The lowest BCUT2D eigenvalue weighted by atomic mass is 10.1. The standard InChI is InChI=1S/C16H16N4O3S/c21-16(13-5-4-12-6-8-17-14(12)11-13)19-9-10-24(22,23)20-15-3-1-2-7-18-15/h1-8,11,17H,9-10H2,(H,18,20)(H,19,21). The summed E-state index contributed by atoms with van der Waals surface area (Å²) in [5.74, 6) is -0.305. The monoisotopic (exact) mass is 344 g/mol. The van der Waals surface area contributed by atoms with Crippen LogP contribution in [-0.4, -0.2) is 36.6 Å². The number of benzene rings is 1. The van der Waals surface area contributed by atoms with E-state index in [-0.39, 0.29) is 24.0 Å². The van der Waals surface area contributed by atoms with Crippen LogP contribution in [0.5, 0.6) is 0 Å². The first-order chi connectivity index (χ1) is 11.5. The number of aromatic nitrogens is 2. The molecule has 0 bridgehead atoms. The fourth-order valence-corrected chi connectivity index (χ4v) is 3.14. The Labute approximate surface area is 139 Å². The second kappa shape index (κ2) is 6.71. The SMILES string of the molecule is O=C(NCCS(=O)(=O)Nc1ccccn1)c1ccc2cc[nH]c2c1. The largest absolute Gasteiger partial charge is 0.361 e. The molecule has 0 unspecified atom stereocenters. The Bertz CT molecular complexity index is 952. The van der Waals surface area contributed by atoms with Gasteiger partial charge in [0, 0.05) is 30.0 Å². The van der Waals surface area contributed by atoms with Crippen molar-refractivity contribution in [2.45, 2.75) is 0 Å². The molecule has 3 N–H and O–H groups in total. The van der Waals surface area contributed by atoms with E-state index >= 15 is 0 Å². The highest BCUT2D eigenvalue weighted by Crippen LogP contribution is 2.14. The number of nitrogens with zero attached hydrogens (tertiary/aromatic N) is 1. The number of rotatable bonds is 6. The minimum atomic E-state index is -3.57. The van der Waals surface area contributed by atoms with Gasteiger partial charge in [0.25, 0.3) is 5.91 Å². The second-order valence-corrected chi connectivity index (χ2v) is 7.01. The Morgan fingerprint density at radius 2 is 2.04 bits per heavy atom. The van der Waals surface area contributed by atoms with Gasteiger partial charge < -0.3 is 10.3 Å². The quantitative estimate of drug-likeness (QED) is 0.633. The maximum absolute atomic E-state index is 12.1. The molecule has 0 saturated heterocycles. The van der Waals surface area contributed by atoms with Crippen LogP contribution < -0.4 is 10.0 Å². The first-order valence-corrected chi connectivity index (χ1v) is 8.96. The van der Waals surface area contributed by atoms with Gasteiger partial charge in [-0.15, -0.1) is 0 Å². The number of sulfonamides is 1. The van der Waals surface area contributed by atoms with Crippen molar-refractivity contribution in [2.24, 2.45) is 0 Å². The van der Waals surface area contributed by atoms with Crippen molar-refractivity contribution in [1.82, 2.24) is 15.3 Å². The molecule has 3 aromatic rings. The van der Waals surface area contributed by atoms with E-state index < -0.39 is 10.0 Å². The number of H-pyrrole nitrogens is 1. The van der Waals surface area contributed by atoms with Crippen molar-refractivity contribution < 1.29 is 13.2 Å². The first kappa shape index (κ1) is 16.0. The highest BCUT2D eigenvalue weighted by atomic mass is 32.2. The molecular formula is C16H16N4O3S. The lowest BCUT2D eigenvalue weighted by Gasteiger charge is -2.08. The molecular weight excluding hydrogens is 328 g/mol. The van der Waals surface area contributed by atoms with Crippen molar-refractivity contribution in [2.75, 3.05) is 17.0 Å². The molecule has 0 radical (unpaired) electrons. The third kappa shape index (κ3) is 3.90. The Morgan fingerprint density at radius 1 is 1.17 bits per heavy atom. The van der Waals surface area contributed by atoms with Gasteiger partial charge in [-0.3, -0.25) is 9.52 Å². The minimum Gasteiger partial charge on any atom is -0.361 e. The summed E-state index contributed by atoms with van der Waals surface area (Å²) in [4.78, 5) is 19.0. The molecule has 1 amide bonds. The number of nitrogens with one attached hydrogen (secondary N) is 3. The number of hydrogen-bond acceptors (Lipinski definition) is 4. The smallest absolute Gasteiger partial charge is 0.251 e. The summed E-state index contributed by atoms with van der Waals surface area (Å²) in [5, 5.41) is 3.61. The molecule has 24 heavy (non-hydrogen) atoms. The number of carbonyl (C=O) groups is 1. The molecule has 7 nitrogen and oxygen atoms in total. The number of fused-ring (bicyclic) bond motifs is 1. The summed E-state index contributed by atoms with van der Waals surface area (Å²) < 4.78 is 26.3. The van der Waals surface area contributed by atoms with Gasteiger partial charge in [-0.2, -0.15) is 0 Å². The zero-order chi connectivity index (χ0) is 17.0. The fourth-order valence-electron chi connectivity index (χ4n) is 2.22. The van der Waals surface area contributed by atoms with Gasteiger partial charge in [0.1, 0.15) is 5.82 Å². The third-order valence-electron chi connectivity index (χ3n) is 3.40. The number of anilines is 1. The average molecular weight is 344 g/mol. The molecule has 124 valence electrons. The van der Waals surface area contributed by atoms with Crippen LogP contribution in [0, 0.1) is 0 Å². The van der Waals surface area contributed by atoms with Crippen LogP contribution in [0.15, 0.2) is 54.9 Å². The number of pyridine rings is 1. The Hall–Kier alpha value is -2.87. The molecule has 3 rings (SSSR count). The average Bonchev–Trinajstić information content (AvgIpc) is 3.02. The van der Waals surface area contributed by atoms with E-state index in [1.807, 2.05) is 12.1 Å². The van der Waals surface area contributed by atoms with Gasteiger partial charge in [-0.1, -0.05) is 12.1 Å². The first-order valence-electron chi connectivity index (χ1n) is 7.30. The van der Waals surface area contributed by atoms with E-state index in [4.69, 9.17) is 0 Å². The molecule has 0 aliphatic carbocycles. The van der Waals surface area contributed by atoms with E-state index in [1.54, 1.807) is 36.5 Å². The summed E-state index contributed by atoms with van der Waals surface area (Å²) in [6.45, 7) is 0.00373. The maximum Gasteiger partial charge on any atom is 0.251 e. The van der Waals surface area contributed by atoms with Crippen molar-refractivity contribution in [3.63, 3.8) is 0 Å². The molecule has 0 spiro atoms. The van der Waals surface area contributed by atoms with Crippen LogP contribution in [0.25, 0.3) is 10.9 Å². The van der Waals surface area contributed by atoms with Crippen molar-refractivity contribution in [3.8, 4) is 0 Å². The van der Waals surface area contributed by atoms with E-state index in [0.717, 1.165) is 10.9 Å². The number of amides is 1. The van der Waals surface area contributed by atoms with Gasteiger partial charge in [0.2, 0.25) is 10.0 Å². The van der Waals surface area contributed by atoms with Crippen LogP contribution in [0.4, 0.5) is 5.82 Å². The van der Waals surface area contributed by atoms with E-state index in [0.29, 0.717) is 5.56 Å². The van der Waals surface area contributed by atoms with Crippen molar-refractivity contribution in [1.29, 1.82) is 0 Å². The van der Waals surface area contributed by atoms with Crippen LogP contribution in [-0.2, 0) is 10.0 Å². The Kier molecular flexibility index (Phi) is 4.48. The predicted octanol–water partition coefficient (Wildman–Crippen LogP) is 1.73. The van der Waals surface area contributed by atoms with Gasteiger partial charge in [0.15, 0.2) is 0 Å². The van der Waals surface area contributed by atoms with E-state index in [9.17, 15) is 13.2 Å². The zero-order valence-electron chi connectivity index (χ0n) is 12.7. The number of aromatic amines is 1. The van der Waals surface area contributed by atoms with Crippen LogP contribution in [0.2, 0.25) is 0 Å². The lowest BCUT2D eigenvalue weighted by molar-refractivity contribution is 0.0956. The summed E-state index contributed by atoms with van der Waals surface area (Å²) in [6.07, 6.45) is 3.29. The Balaban J connectivity index is 1.56. The summed E-state index contributed by atoms with van der Waals surface area (Å²) in [6, 6.07) is 12.1.